The highest BCUT2D eigenvalue weighted by Gasteiger charge is 2.35. The van der Waals surface area contributed by atoms with E-state index >= 15 is 0 Å². The first-order chi connectivity index (χ1) is 15.4. The molecule has 2 atom stereocenters. The molecule has 6 nitrogen and oxygen atoms in total. The summed E-state index contributed by atoms with van der Waals surface area (Å²) in [6.45, 7) is 6.23. The van der Waals surface area contributed by atoms with Crippen molar-refractivity contribution in [3.05, 3.63) is 12.2 Å². The molecule has 1 amide bonds. The second kappa shape index (κ2) is 20.2. The van der Waals surface area contributed by atoms with Crippen LogP contribution in [0.3, 0.4) is 0 Å². The fourth-order valence-corrected chi connectivity index (χ4v) is 3.30. The molecule has 0 bridgehead atoms. The number of hydrogen-bond donors (Lipinski definition) is 2. The van der Waals surface area contributed by atoms with Crippen molar-refractivity contribution in [2.45, 2.75) is 122 Å². The van der Waals surface area contributed by atoms with Crippen molar-refractivity contribution < 1.29 is 24.2 Å². The van der Waals surface area contributed by atoms with Crippen LogP contribution < -0.4 is 5.32 Å². The van der Waals surface area contributed by atoms with Gasteiger partial charge in [0.05, 0.1) is 19.3 Å². The molecule has 6 heteroatoms. The number of carbonyl (C=O) groups excluding carboxylic acids is 2. The topological polar surface area (TPSA) is 84.9 Å². The second-order valence-corrected chi connectivity index (χ2v) is 8.86. The van der Waals surface area contributed by atoms with Gasteiger partial charge in [-0.25, -0.2) is 4.79 Å². The van der Waals surface area contributed by atoms with E-state index in [0.717, 1.165) is 64.2 Å². The summed E-state index contributed by atoms with van der Waals surface area (Å²) in [7, 11) is 1.45. The van der Waals surface area contributed by atoms with E-state index in [1.165, 1.54) is 26.4 Å². The number of allylic oxidation sites excluding steroid dienone is 1. The molecular weight excluding hydrogens is 406 g/mol. The Kier molecular flexibility index (Phi) is 19.3. The number of aliphatic hydroxyl groups is 1. The highest BCUT2D eigenvalue weighted by molar-refractivity contribution is 5.81. The summed E-state index contributed by atoms with van der Waals surface area (Å²) in [6, 6.07) is 0. The number of ether oxygens (including phenoxy) is 2. The molecule has 0 fully saturated rings. The number of unbranched alkanes of at least 4 members (excludes halogenated alkanes) is 8. The molecule has 0 rings (SSSR count). The number of nitrogens with one attached hydrogen (secondary N) is 1. The van der Waals surface area contributed by atoms with Crippen LogP contribution in [0, 0.1) is 0 Å². The van der Waals surface area contributed by atoms with Crippen molar-refractivity contribution >= 4 is 11.9 Å². The Morgan fingerprint density at radius 2 is 1.66 bits per heavy atom. The quantitative estimate of drug-likeness (QED) is 0.136. The molecule has 0 spiro atoms. The van der Waals surface area contributed by atoms with E-state index in [0.29, 0.717) is 13.0 Å². The minimum Gasteiger partial charge on any atom is -0.464 e. The zero-order valence-electron chi connectivity index (χ0n) is 21.1. The number of rotatable bonds is 21. The van der Waals surface area contributed by atoms with Gasteiger partial charge in [0.2, 0.25) is 5.91 Å². The van der Waals surface area contributed by atoms with Gasteiger partial charge >= 0.3 is 5.97 Å². The summed E-state index contributed by atoms with van der Waals surface area (Å²) in [5.74, 6) is -0.509. The van der Waals surface area contributed by atoms with E-state index in [9.17, 15) is 14.7 Å². The number of carbonyl (C=O) groups is 2. The average molecular weight is 456 g/mol. The molecule has 0 aliphatic rings. The summed E-state index contributed by atoms with van der Waals surface area (Å²) in [4.78, 5) is 24.1. The summed E-state index contributed by atoms with van der Waals surface area (Å²) in [5, 5.41) is 12.7. The van der Waals surface area contributed by atoms with Crippen molar-refractivity contribution in [2.75, 3.05) is 20.3 Å². The SMILES string of the molecule is CCCCCC[C@@H](O)C/C=C\CCCCCCCC(=O)NCC(C)(OC)C(=O)OCCC. The fourth-order valence-electron chi connectivity index (χ4n) is 3.30. The van der Waals surface area contributed by atoms with Crippen LogP contribution >= 0.6 is 0 Å². The minimum atomic E-state index is -1.15. The van der Waals surface area contributed by atoms with E-state index in [1.54, 1.807) is 6.92 Å². The lowest BCUT2D eigenvalue weighted by Gasteiger charge is -2.26. The molecule has 0 radical (unpaired) electrons. The van der Waals surface area contributed by atoms with Gasteiger partial charge in [-0.3, -0.25) is 4.79 Å². The van der Waals surface area contributed by atoms with Crippen molar-refractivity contribution in [3.8, 4) is 0 Å². The van der Waals surface area contributed by atoms with Crippen LogP contribution in [-0.4, -0.2) is 48.9 Å². The van der Waals surface area contributed by atoms with Gasteiger partial charge in [0.25, 0.3) is 0 Å². The predicted molar refractivity (Wildman–Crippen MR) is 131 cm³/mol. The predicted octanol–water partition coefficient (Wildman–Crippen LogP) is 5.47. The third-order valence-electron chi connectivity index (χ3n) is 5.68. The fraction of sp³-hybridized carbons (Fsp3) is 0.846. The number of hydrogen-bond acceptors (Lipinski definition) is 5. The Balaban J connectivity index is 3.71. The van der Waals surface area contributed by atoms with Gasteiger partial charge in [-0.1, -0.05) is 70.9 Å². The highest BCUT2D eigenvalue weighted by Crippen LogP contribution is 2.12. The third-order valence-corrected chi connectivity index (χ3v) is 5.68. The van der Waals surface area contributed by atoms with Gasteiger partial charge in [0, 0.05) is 13.5 Å². The molecule has 0 aromatic carbocycles. The second-order valence-electron chi connectivity index (χ2n) is 8.86. The normalized spacial score (nSPS) is 14.3. The maximum absolute atomic E-state index is 12.1. The van der Waals surface area contributed by atoms with Crippen LogP contribution in [0.25, 0.3) is 0 Å². The molecular formula is C26H49NO5. The van der Waals surface area contributed by atoms with Gasteiger partial charge in [-0.2, -0.15) is 0 Å². The lowest BCUT2D eigenvalue weighted by atomic mass is 10.1. The first-order valence-electron chi connectivity index (χ1n) is 12.7. The van der Waals surface area contributed by atoms with Crippen LogP contribution in [-0.2, 0) is 19.1 Å². The first-order valence-corrected chi connectivity index (χ1v) is 12.7. The van der Waals surface area contributed by atoms with E-state index in [-0.39, 0.29) is 18.6 Å². The molecule has 0 aromatic rings. The molecule has 2 N–H and O–H groups in total. The van der Waals surface area contributed by atoms with Crippen LogP contribution in [0.4, 0.5) is 0 Å². The van der Waals surface area contributed by atoms with Gasteiger partial charge in [0.15, 0.2) is 5.60 Å². The van der Waals surface area contributed by atoms with Gasteiger partial charge < -0.3 is 19.9 Å². The maximum Gasteiger partial charge on any atom is 0.339 e. The van der Waals surface area contributed by atoms with Crippen molar-refractivity contribution in [2.24, 2.45) is 0 Å². The van der Waals surface area contributed by atoms with E-state index in [4.69, 9.17) is 9.47 Å². The van der Waals surface area contributed by atoms with Gasteiger partial charge in [-0.15, -0.1) is 0 Å². The molecule has 32 heavy (non-hydrogen) atoms. The standard InChI is InChI=1S/C26H49NO5/c1-5-7-8-15-18-23(28)19-16-13-11-9-10-12-14-17-20-24(29)27-22-26(3,31-4)25(30)32-21-6-2/h13,16,23,28H,5-12,14-15,17-22H2,1-4H3,(H,27,29)/b16-13-/t23-,26?/m1/s1. The highest BCUT2D eigenvalue weighted by atomic mass is 16.6. The van der Waals surface area contributed by atoms with E-state index in [1.807, 2.05) is 6.92 Å². The number of esters is 1. The molecule has 0 aromatic heterocycles. The molecule has 188 valence electrons. The average Bonchev–Trinajstić information content (AvgIpc) is 2.79. The lowest BCUT2D eigenvalue weighted by molar-refractivity contribution is -0.166. The van der Waals surface area contributed by atoms with Crippen molar-refractivity contribution in [3.63, 3.8) is 0 Å². The third kappa shape index (κ3) is 16.3. The van der Waals surface area contributed by atoms with E-state index in [2.05, 4.69) is 24.4 Å². The molecule has 0 saturated carbocycles. The Morgan fingerprint density at radius 1 is 0.969 bits per heavy atom. The molecule has 0 saturated heterocycles. The molecule has 1 unspecified atom stereocenters. The van der Waals surface area contributed by atoms with Crippen LogP contribution in [0.5, 0.6) is 0 Å². The number of amides is 1. The smallest absolute Gasteiger partial charge is 0.339 e. The first kappa shape index (κ1) is 30.6. The van der Waals surface area contributed by atoms with Gasteiger partial charge in [0.1, 0.15) is 0 Å². The van der Waals surface area contributed by atoms with Crippen LogP contribution in [0.2, 0.25) is 0 Å². The van der Waals surface area contributed by atoms with Crippen LogP contribution in [0.1, 0.15) is 111 Å². The number of methoxy groups -OCH3 is 1. The zero-order chi connectivity index (χ0) is 24.1. The van der Waals surface area contributed by atoms with Crippen molar-refractivity contribution in [1.29, 1.82) is 0 Å². The van der Waals surface area contributed by atoms with Gasteiger partial charge in [-0.05, 0) is 45.4 Å². The monoisotopic (exact) mass is 455 g/mol. The summed E-state index contributed by atoms with van der Waals surface area (Å²) < 4.78 is 10.4. The Morgan fingerprint density at radius 3 is 2.34 bits per heavy atom. The summed E-state index contributed by atoms with van der Waals surface area (Å²) in [6.07, 6.45) is 18.1. The largest absolute Gasteiger partial charge is 0.464 e. The minimum absolute atomic E-state index is 0.0623. The molecule has 0 heterocycles. The maximum atomic E-state index is 12.1. The Labute approximate surface area is 196 Å². The summed E-state index contributed by atoms with van der Waals surface area (Å²) in [5.41, 5.74) is -1.15. The Hall–Kier alpha value is -1.40. The lowest BCUT2D eigenvalue weighted by Crippen LogP contribution is -2.49. The summed E-state index contributed by atoms with van der Waals surface area (Å²) >= 11 is 0. The van der Waals surface area contributed by atoms with E-state index < -0.39 is 11.6 Å². The molecule has 0 aliphatic heterocycles. The molecule has 0 aliphatic carbocycles. The zero-order valence-corrected chi connectivity index (χ0v) is 21.1. The Bertz CT molecular complexity index is 508. The van der Waals surface area contributed by atoms with Crippen molar-refractivity contribution in [1.82, 2.24) is 5.32 Å². The van der Waals surface area contributed by atoms with Crippen LogP contribution in [0.15, 0.2) is 12.2 Å². The number of aliphatic hydroxyl groups excluding tert-OH is 1.